The van der Waals surface area contributed by atoms with Gasteiger partial charge in [0.2, 0.25) is 0 Å². The first-order chi connectivity index (χ1) is 12.5. The van der Waals surface area contributed by atoms with E-state index in [1.54, 1.807) is 0 Å². The molecule has 2 nitrogen and oxygen atoms in total. The van der Waals surface area contributed by atoms with E-state index < -0.39 is 11.2 Å². The fourth-order valence-corrected chi connectivity index (χ4v) is 5.09. The van der Waals surface area contributed by atoms with Crippen molar-refractivity contribution in [2.45, 2.75) is 37.9 Å². The van der Waals surface area contributed by atoms with Crippen molar-refractivity contribution in [2.24, 2.45) is 0 Å². The van der Waals surface area contributed by atoms with Gasteiger partial charge in [-0.2, -0.15) is 0 Å². The van der Waals surface area contributed by atoms with Crippen molar-refractivity contribution in [1.29, 1.82) is 0 Å². The second-order valence-electron chi connectivity index (χ2n) is 7.76. The average Bonchev–Trinajstić information content (AvgIpc) is 2.64. The Labute approximate surface area is 153 Å². The minimum absolute atomic E-state index is 0.608. The van der Waals surface area contributed by atoms with Crippen molar-refractivity contribution < 1.29 is 10.2 Å². The molecule has 2 aliphatic rings. The highest BCUT2D eigenvalue weighted by molar-refractivity contribution is 5.68. The van der Waals surface area contributed by atoms with Gasteiger partial charge in [0.05, 0.1) is 0 Å². The average molecular weight is 342 g/mol. The summed E-state index contributed by atoms with van der Waals surface area (Å²) >= 11 is 0. The molecule has 5 rings (SSSR count). The number of fused-ring (bicyclic) bond motifs is 2. The SMILES string of the molecule is Cc1c2c(c(C)c3c1[C@](O)(c1ccccc1)C3)[C@@](O)(c1ccccc1)C2. The van der Waals surface area contributed by atoms with Crippen LogP contribution in [0.25, 0.3) is 0 Å². The third kappa shape index (κ3) is 1.78. The Kier molecular flexibility index (Phi) is 3.08. The Hall–Kier alpha value is -2.42. The molecule has 0 fully saturated rings. The van der Waals surface area contributed by atoms with Gasteiger partial charge in [0.15, 0.2) is 0 Å². The second-order valence-corrected chi connectivity index (χ2v) is 7.76. The van der Waals surface area contributed by atoms with E-state index in [9.17, 15) is 10.2 Å². The lowest BCUT2D eigenvalue weighted by Crippen LogP contribution is -2.48. The molecule has 0 amide bonds. The lowest BCUT2D eigenvalue weighted by molar-refractivity contribution is 0.0422. The van der Waals surface area contributed by atoms with Crippen LogP contribution in [0.15, 0.2) is 60.7 Å². The molecule has 3 aromatic carbocycles. The van der Waals surface area contributed by atoms with Gasteiger partial charge in [-0.3, -0.25) is 0 Å². The zero-order chi connectivity index (χ0) is 18.1. The molecule has 0 spiro atoms. The topological polar surface area (TPSA) is 40.5 Å². The summed E-state index contributed by atoms with van der Waals surface area (Å²) in [5, 5.41) is 22.7. The van der Waals surface area contributed by atoms with E-state index in [-0.39, 0.29) is 0 Å². The summed E-state index contributed by atoms with van der Waals surface area (Å²) < 4.78 is 0. The van der Waals surface area contributed by atoms with Crippen LogP contribution in [-0.2, 0) is 24.0 Å². The molecule has 0 aliphatic heterocycles. The quantitative estimate of drug-likeness (QED) is 0.742. The Balaban J connectivity index is 1.68. The van der Waals surface area contributed by atoms with Crippen molar-refractivity contribution in [1.82, 2.24) is 0 Å². The van der Waals surface area contributed by atoms with Crippen LogP contribution in [0.4, 0.5) is 0 Å². The number of benzene rings is 3. The standard InChI is InChI=1S/C24H22O2/c1-15-19-13-24(26,18-11-7-4-8-12-18)22(19)16(2)20-14-23(25,21(15)20)17-9-5-3-6-10-17/h3-12,25-26H,13-14H2,1-2H3/t23-,24+. The minimum atomic E-state index is -0.902. The van der Waals surface area contributed by atoms with Crippen molar-refractivity contribution in [3.05, 3.63) is 105 Å². The summed E-state index contributed by atoms with van der Waals surface area (Å²) in [6.07, 6.45) is 1.22. The highest BCUT2D eigenvalue weighted by Crippen LogP contribution is 2.56. The molecule has 0 saturated carbocycles. The molecule has 2 aliphatic carbocycles. The minimum Gasteiger partial charge on any atom is -0.380 e. The van der Waals surface area contributed by atoms with E-state index in [0.717, 1.165) is 33.4 Å². The summed E-state index contributed by atoms with van der Waals surface area (Å²) in [5.74, 6) is 0. The van der Waals surface area contributed by atoms with Crippen molar-refractivity contribution in [2.75, 3.05) is 0 Å². The van der Waals surface area contributed by atoms with Gasteiger partial charge in [-0.15, -0.1) is 0 Å². The largest absolute Gasteiger partial charge is 0.380 e. The molecule has 0 saturated heterocycles. The molecule has 2 heteroatoms. The van der Waals surface area contributed by atoms with Gasteiger partial charge in [-0.05, 0) is 58.4 Å². The van der Waals surface area contributed by atoms with E-state index in [1.165, 1.54) is 11.1 Å². The van der Waals surface area contributed by atoms with Gasteiger partial charge < -0.3 is 10.2 Å². The van der Waals surface area contributed by atoms with Crippen LogP contribution in [0.3, 0.4) is 0 Å². The number of hydrogen-bond donors (Lipinski definition) is 2. The van der Waals surface area contributed by atoms with Crippen molar-refractivity contribution in [3.8, 4) is 0 Å². The summed E-state index contributed by atoms with van der Waals surface area (Å²) in [4.78, 5) is 0. The summed E-state index contributed by atoms with van der Waals surface area (Å²) in [5.41, 5.74) is 6.87. The summed E-state index contributed by atoms with van der Waals surface area (Å²) in [6.45, 7) is 4.18. The number of hydrogen-bond acceptors (Lipinski definition) is 2. The zero-order valence-electron chi connectivity index (χ0n) is 15.1. The molecule has 130 valence electrons. The lowest BCUT2D eigenvalue weighted by atomic mass is 9.57. The maximum atomic E-state index is 11.4. The molecule has 0 heterocycles. The molecule has 26 heavy (non-hydrogen) atoms. The van der Waals surface area contributed by atoms with Crippen LogP contribution in [0.1, 0.15) is 44.5 Å². The molecule has 0 bridgehead atoms. The third-order valence-electron chi connectivity index (χ3n) is 6.45. The summed E-state index contributed by atoms with van der Waals surface area (Å²) in [7, 11) is 0. The first kappa shape index (κ1) is 15.8. The van der Waals surface area contributed by atoms with Gasteiger partial charge in [-0.1, -0.05) is 60.7 Å². The first-order valence-corrected chi connectivity index (χ1v) is 9.18. The van der Waals surface area contributed by atoms with Crippen molar-refractivity contribution >= 4 is 0 Å². The Morgan fingerprint density at radius 2 is 0.962 bits per heavy atom. The fraction of sp³-hybridized carbons (Fsp3) is 0.250. The van der Waals surface area contributed by atoms with Crippen molar-refractivity contribution in [3.63, 3.8) is 0 Å². The van der Waals surface area contributed by atoms with Gasteiger partial charge in [0, 0.05) is 12.8 Å². The Morgan fingerprint density at radius 1 is 0.615 bits per heavy atom. The molecular formula is C24H22O2. The monoisotopic (exact) mass is 342 g/mol. The summed E-state index contributed by atoms with van der Waals surface area (Å²) in [6, 6.07) is 19.8. The predicted octanol–water partition coefficient (Wildman–Crippen LogP) is 3.89. The smallest absolute Gasteiger partial charge is 0.119 e. The Morgan fingerprint density at radius 3 is 1.31 bits per heavy atom. The number of rotatable bonds is 2. The van der Waals surface area contributed by atoms with Gasteiger partial charge >= 0.3 is 0 Å². The van der Waals surface area contributed by atoms with Crippen LogP contribution in [0, 0.1) is 13.8 Å². The van der Waals surface area contributed by atoms with E-state index >= 15 is 0 Å². The fourth-order valence-electron chi connectivity index (χ4n) is 5.09. The maximum Gasteiger partial charge on any atom is 0.119 e. The van der Waals surface area contributed by atoms with Crippen LogP contribution in [-0.4, -0.2) is 10.2 Å². The highest BCUT2D eigenvalue weighted by atomic mass is 16.3. The molecule has 0 radical (unpaired) electrons. The van der Waals surface area contributed by atoms with Gasteiger partial charge in [-0.25, -0.2) is 0 Å². The van der Waals surface area contributed by atoms with E-state index in [0.29, 0.717) is 12.8 Å². The van der Waals surface area contributed by atoms with E-state index in [4.69, 9.17) is 0 Å². The van der Waals surface area contributed by atoms with Gasteiger partial charge in [0.1, 0.15) is 11.2 Å². The second kappa shape index (κ2) is 5.06. The highest BCUT2D eigenvalue weighted by Gasteiger charge is 2.52. The lowest BCUT2D eigenvalue weighted by Gasteiger charge is -2.50. The predicted molar refractivity (Wildman–Crippen MR) is 102 cm³/mol. The third-order valence-corrected chi connectivity index (χ3v) is 6.45. The Bertz CT molecular complexity index is 922. The zero-order valence-corrected chi connectivity index (χ0v) is 15.1. The van der Waals surface area contributed by atoms with Crippen LogP contribution in [0.2, 0.25) is 0 Å². The molecule has 2 atom stereocenters. The maximum absolute atomic E-state index is 11.4. The van der Waals surface area contributed by atoms with Crippen LogP contribution in [0.5, 0.6) is 0 Å². The molecule has 0 aromatic heterocycles. The molecule has 2 N–H and O–H groups in total. The molecule has 0 unspecified atom stereocenters. The van der Waals surface area contributed by atoms with Gasteiger partial charge in [0.25, 0.3) is 0 Å². The van der Waals surface area contributed by atoms with E-state index in [2.05, 4.69) is 13.8 Å². The normalized spacial score (nSPS) is 25.7. The van der Waals surface area contributed by atoms with Crippen LogP contribution >= 0.6 is 0 Å². The molecular weight excluding hydrogens is 320 g/mol. The number of aliphatic hydroxyl groups is 2. The van der Waals surface area contributed by atoms with Crippen LogP contribution < -0.4 is 0 Å². The van der Waals surface area contributed by atoms with E-state index in [1.807, 2.05) is 60.7 Å². The first-order valence-electron chi connectivity index (χ1n) is 9.18. The molecule has 3 aromatic rings.